The number of carbonyl (C=O) groups excluding carboxylic acids is 1. The van der Waals surface area contributed by atoms with Gasteiger partial charge in [-0.25, -0.2) is 0 Å². The molecule has 30 heavy (non-hydrogen) atoms. The number of alkyl halides is 3. The van der Waals surface area contributed by atoms with Crippen molar-refractivity contribution in [3.05, 3.63) is 42.2 Å². The van der Waals surface area contributed by atoms with Crippen LogP contribution in [0.1, 0.15) is 18.7 Å². The lowest BCUT2D eigenvalue weighted by molar-refractivity contribution is -0.146. The Morgan fingerprint density at radius 3 is 2.63 bits per heavy atom. The molecule has 1 atom stereocenters. The van der Waals surface area contributed by atoms with Crippen molar-refractivity contribution in [2.75, 3.05) is 30.4 Å². The predicted octanol–water partition coefficient (Wildman–Crippen LogP) is 3.01. The van der Waals surface area contributed by atoms with Crippen LogP contribution in [-0.4, -0.2) is 45.9 Å². The normalized spacial score (nSPS) is 17.2. The van der Waals surface area contributed by atoms with Crippen molar-refractivity contribution in [1.82, 2.24) is 19.8 Å². The van der Waals surface area contributed by atoms with Gasteiger partial charge in [-0.2, -0.15) is 17.7 Å². The molecular formula is C19H19F3N6O2. The fourth-order valence-electron chi connectivity index (χ4n) is 3.44. The maximum absolute atomic E-state index is 13.1. The fraction of sp³-hybridized carbons (Fsp3) is 0.368. The Hall–Kier alpha value is -3.37. The van der Waals surface area contributed by atoms with E-state index in [2.05, 4.69) is 20.6 Å². The van der Waals surface area contributed by atoms with Gasteiger partial charge in [0.05, 0.1) is 13.0 Å². The number of hydrogen-bond acceptors (Lipinski definition) is 6. The molecule has 11 heteroatoms. The number of methoxy groups -OCH3 is 1. The molecule has 0 radical (unpaired) electrons. The van der Waals surface area contributed by atoms with Crippen molar-refractivity contribution in [3.63, 3.8) is 0 Å². The number of rotatable bonds is 4. The third-order valence-corrected chi connectivity index (χ3v) is 4.98. The lowest BCUT2D eigenvalue weighted by Crippen LogP contribution is -2.41. The number of nitrogens with zero attached hydrogens (tertiary/aromatic N) is 5. The van der Waals surface area contributed by atoms with Crippen molar-refractivity contribution in [2.45, 2.75) is 19.0 Å². The molecule has 0 aliphatic carbocycles. The van der Waals surface area contributed by atoms with E-state index < -0.39 is 12.0 Å². The highest BCUT2D eigenvalue weighted by Gasteiger charge is 2.38. The van der Waals surface area contributed by atoms with Gasteiger partial charge in [0.2, 0.25) is 5.91 Å². The highest BCUT2D eigenvalue weighted by molar-refractivity contribution is 5.93. The second kappa shape index (κ2) is 7.81. The van der Waals surface area contributed by atoms with Crippen LogP contribution in [0.5, 0.6) is 5.75 Å². The van der Waals surface area contributed by atoms with E-state index in [9.17, 15) is 18.0 Å². The number of benzene rings is 1. The van der Waals surface area contributed by atoms with Gasteiger partial charge in [0.1, 0.15) is 11.6 Å². The van der Waals surface area contributed by atoms with Gasteiger partial charge < -0.3 is 15.0 Å². The summed E-state index contributed by atoms with van der Waals surface area (Å²) in [6.45, 7) is 0.943. The maximum Gasteiger partial charge on any atom is 0.453 e. The van der Waals surface area contributed by atoms with Gasteiger partial charge in [-0.1, -0.05) is 0 Å². The minimum Gasteiger partial charge on any atom is -0.497 e. The number of fused-ring (bicyclic) bond motifs is 1. The number of ether oxygens (including phenoxy) is 1. The van der Waals surface area contributed by atoms with Crippen molar-refractivity contribution in [1.29, 1.82) is 0 Å². The topological polar surface area (TPSA) is 84.6 Å². The van der Waals surface area contributed by atoms with Gasteiger partial charge >= 0.3 is 6.18 Å². The third kappa shape index (κ3) is 4.00. The number of anilines is 2. The van der Waals surface area contributed by atoms with Crippen LogP contribution in [0.25, 0.3) is 5.65 Å². The largest absolute Gasteiger partial charge is 0.497 e. The Morgan fingerprint density at radius 1 is 1.17 bits per heavy atom. The zero-order valence-corrected chi connectivity index (χ0v) is 16.1. The van der Waals surface area contributed by atoms with Crippen molar-refractivity contribution in [3.8, 4) is 5.75 Å². The van der Waals surface area contributed by atoms with E-state index >= 15 is 0 Å². The van der Waals surface area contributed by atoms with Crippen LogP contribution in [0.4, 0.5) is 24.7 Å². The van der Waals surface area contributed by atoms with Crippen molar-refractivity contribution >= 4 is 23.1 Å². The number of halogens is 3. The lowest BCUT2D eigenvalue weighted by atomic mass is 9.97. The predicted molar refractivity (Wildman–Crippen MR) is 102 cm³/mol. The van der Waals surface area contributed by atoms with Gasteiger partial charge in [-0.15, -0.1) is 15.3 Å². The standard InChI is InChI=1S/C19H19F3N6O2/c1-30-14-6-4-13(5-7-14)23-17(29)12-3-2-10-27(11-12)16-9-8-15-24-25-18(19(20,21)22)28(15)26-16/h4-9,12H,2-3,10-11H2,1H3,(H,23,29)/t12-/m1/s1. The minimum absolute atomic E-state index is 0.0110. The van der Waals surface area contributed by atoms with E-state index in [1.807, 2.05) is 0 Å². The van der Waals surface area contributed by atoms with Crippen molar-refractivity contribution < 1.29 is 22.7 Å². The molecular weight excluding hydrogens is 401 g/mol. The average molecular weight is 420 g/mol. The Morgan fingerprint density at radius 2 is 1.93 bits per heavy atom. The second-order valence-corrected chi connectivity index (χ2v) is 6.99. The molecule has 1 aliphatic rings. The quantitative estimate of drug-likeness (QED) is 0.699. The first-order chi connectivity index (χ1) is 14.3. The van der Waals surface area contributed by atoms with Crippen LogP contribution in [0.3, 0.4) is 0 Å². The van der Waals surface area contributed by atoms with E-state index in [-0.39, 0.29) is 17.5 Å². The zero-order chi connectivity index (χ0) is 21.3. The molecule has 158 valence electrons. The third-order valence-electron chi connectivity index (χ3n) is 4.98. The Bertz CT molecular complexity index is 1050. The molecule has 0 spiro atoms. The van der Waals surface area contributed by atoms with Crippen LogP contribution in [0.2, 0.25) is 0 Å². The molecule has 3 heterocycles. The smallest absolute Gasteiger partial charge is 0.453 e. The summed E-state index contributed by atoms with van der Waals surface area (Å²) in [6, 6.07) is 10.0. The van der Waals surface area contributed by atoms with Crippen LogP contribution < -0.4 is 15.0 Å². The molecule has 0 saturated carbocycles. The zero-order valence-electron chi connectivity index (χ0n) is 16.1. The first kappa shape index (κ1) is 19.9. The molecule has 1 amide bonds. The van der Waals surface area contributed by atoms with E-state index in [1.54, 1.807) is 42.3 Å². The van der Waals surface area contributed by atoms with Gasteiger partial charge in [0.15, 0.2) is 5.65 Å². The SMILES string of the molecule is COc1ccc(NC(=O)[C@@H]2CCCN(c3ccc4nnc(C(F)(F)F)n4n3)C2)cc1. The van der Waals surface area contributed by atoms with Gasteiger partial charge in [-0.05, 0) is 49.2 Å². The number of aromatic nitrogens is 4. The summed E-state index contributed by atoms with van der Waals surface area (Å²) in [6.07, 6.45) is -3.26. The summed E-state index contributed by atoms with van der Waals surface area (Å²) in [5, 5.41) is 13.6. The molecule has 1 saturated heterocycles. The fourth-order valence-corrected chi connectivity index (χ4v) is 3.44. The highest BCUT2D eigenvalue weighted by Crippen LogP contribution is 2.29. The second-order valence-electron chi connectivity index (χ2n) is 6.99. The van der Waals surface area contributed by atoms with Gasteiger partial charge in [-0.3, -0.25) is 4.79 Å². The van der Waals surface area contributed by atoms with Crippen molar-refractivity contribution in [2.24, 2.45) is 5.92 Å². The molecule has 1 aliphatic heterocycles. The lowest BCUT2D eigenvalue weighted by Gasteiger charge is -2.32. The molecule has 1 aromatic carbocycles. The number of amides is 1. The molecule has 0 unspecified atom stereocenters. The van der Waals surface area contributed by atoms with E-state index in [4.69, 9.17) is 4.74 Å². The molecule has 4 rings (SSSR count). The van der Waals surface area contributed by atoms with Gasteiger partial charge in [0.25, 0.3) is 5.82 Å². The van der Waals surface area contributed by atoms with E-state index in [0.29, 0.717) is 47.7 Å². The van der Waals surface area contributed by atoms with Crippen LogP contribution in [-0.2, 0) is 11.0 Å². The number of hydrogen-bond donors (Lipinski definition) is 1. The molecule has 1 N–H and O–H groups in total. The summed E-state index contributed by atoms with van der Waals surface area (Å²) >= 11 is 0. The summed E-state index contributed by atoms with van der Waals surface area (Å²) in [4.78, 5) is 14.5. The minimum atomic E-state index is -4.66. The monoisotopic (exact) mass is 420 g/mol. The highest BCUT2D eigenvalue weighted by atomic mass is 19.4. The number of piperidine rings is 1. The molecule has 2 aromatic heterocycles. The molecule has 8 nitrogen and oxygen atoms in total. The first-order valence-corrected chi connectivity index (χ1v) is 9.34. The Kier molecular flexibility index (Phi) is 5.18. The molecule has 3 aromatic rings. The van der Waals surface area contributed by atoms with Crippen LogP contribution >= 0.6 is 0 Å². The summed E-state index contributed by atoms with van der Waals surface area (Å²) in [5.74, 6) is -0.613. The molecule has 0 bridgehead atoms. The average Bonchev–Trinajstić information content (AvgIpc) is 3.18. The van der Waals surface area contributed by atoms with Gasteiger partial charge in [0, 0.05) is 18.8 Å². The van der Waals surface area contributed by atoms with Crippen LogP contribution in [0.15, 0.2) is 36.4 Å². The summed E-state index contributed by atoms with van der Waals surface area (Å²) in [5.41, 5.74) is 0.661. The summed E-state index contributed by atoms with van der Waals surface area (Å²) in [7, 11) is 1.56. The number of carbonyl (C=O) groups is 1. The maximum atomic E-state index is 13.1. The van der Waals surface area contributed by atoms with E-state index in [1.165, 1.54) is 6.07 Å². The van der Waals surface area contributed by atoms with Crippen LogP contribution in [0, 0.1) is 5.92 Å². The van der Waals surface area contributed by atoms with E-state index in [0.717, 1.165) is 0 Å². The summed E-state index contributed by atoms with van der Waals surface area (Å²) < 4.78 is 45.1. The molecule has 1 fully saturated rings. The Labute approximate surface area is 169 Å². The Balaban J connectivity index is 1.50. The first-order valence-electron chi connectivity index (χ1n) is 9.34. The number of nitrogens with one attached hydrogen (secondary N) is 1.